The smallest absolute Gasteiger partial charge is 0.275 e. The Bertz CT molecular complexity index is 1560. The number of aryl methyl sites for hydroxylation is 1. The van der Waals surface area contributed by atoms with E-state index in [9.17, 15) is 26.9 Å². The summed E-state index contributed by atoms with van der Waals surface area (Å²) in [6, 6.07) is 11.8. The van der Waals surface area contributed by atoms with Crippen LogP contribution in [0.5, 0.6) is 0 Å². The average molecular weight is 501 g/mol. The number of halogens is 3. The van der Waals surface area contributed by atoms with E-state index in [0.29, 0.717) is 16.6 Å². The van der Waals surface area contributed by atoms with Crippen LogP contribution in [0.15, 0.2) is 59.9 Å². The minimum atomic E-state index is -4.80. The number of aromatic nitrogens is 4. The molecule has 0 aliphatic heterocycles. The van der Waals surface area contributed by atoms with E-state index in [1.54, 1.807) is 21.4 Å². The van der Waals surface area contributed by atoms with Gasteiger partial charge in [-0.05, 0) is 50.6 Å². The van der Waals surface area contributed by atoms with Gasteiger partial charge in [0.1, 0.15) is 16.5 Å². The van der Waals surface area contributed by atoms with Crippen molar-refractivity contribution in [2.24, 2.45) is 0 Å². The lowest BCUT2D eigenvalue weighted by Gasteiger charge is -2.28. The fourth-order valence-electron chi connectivity index (χ4n) is 3.50. The number of hydrogen-bond donors (Lipinski definition) is 1. The van der Waals surface area contributed by atoms with Gasteiger partial charge in [0.2, 0.25) is 16.0 Å². The molecule has 3 aromatic heterocycles. The standard InChI is InChI=1S/C23H19F3N6O2S/c1-14-5-7-16-17(12-27)20(32(19(16)11-14)21-28-9-4-10-29-21)18-8-6-15(13-30-18)35(33,34)31-22(2,3)23(24,25)26/h4-11,13,31H,1-3H3. The SMILES string of the molecule is Cc1ccc2c(C#N)c(-c3ccc(S(=O)(=O)NC(C)(C)C(F)(F)F)cn3)n(-c3ncccn3)c2c1. The van der Waals surface area contributed by atoms with Gasteiger partial charge in [0.15, 0.2) is 0 Å². The van der Waals surface area contributed by atoms with Gasteiger partial charge in [-0.3, -0.25) is 9.55 Å². The zero-order valence-electron chi connectivity index (χ0n) is 18.8. The molecular formula is C23H19F3N6O2S. The minimum absolute atomic E-state index is 0.219. The lowest BCUT2D eigenvalue weighted by molar-refractivity contribution is -0.180. The molecule has 0 amide bonds. The fraction of sp³-hybridized carbons (Fsp3) is 0.217. The molecule has 4 rings (SSSR count). The van der Waals surface area contributed by atoms with E-state index >= 15 is 0 Å². The zero-order valence-corrected chi connectivity index (χ0v) is 19.6. The van der Waals surface area contributed by atoms with Gasteiger partial charge in [-0.2, -0.15) is 23.2 Å². The highest BCUT2D eigenvalue weighted by molar-refractivity contribution is 7.89. The molecule has 0 atom stereocenters. The first kappa shape index (κ1) is 24.3. The van der Waals surface area contributed by atoms with E-state index in [2.05, 4.69) is 21.0 Å². The Morgan fingerprint density at radius 1 is 1.06 bits per heavy atom. The quantitative estimate of drug-likeness (QED) is 0.438. The molecule has 0 saturated heterocycles. The highest BCUT2D eigenvalue weighted by Crippen LogP contribution is 2.35. The molecule has 4 aromatic rings. The molecule has 12 heteroatoms. The summed E-state index contributed by atoms with van der Waals surface area (Å²) in [7, 11) is -4.54. The third-order valence-electron chi connectivity index (χ3n) is 5.38. The van der Waals surface area contributed by atoms with Crippen LogP contribution in [0.1, 0.15) is 25.0 Å². The van der Waals surface area contributed by atoms with Crippen LogP contribution in [0, 0.1) is 18.3 Å². The molecule has 35 heavy (non-hydrogen) atoms. The van der Waals surface area contributed by atoms with Crippen LogP contribution in [0.25, 0.3) is 28.2 Å². The van der Waals surface area contributed by atoms with E-state index in [0.717, 1.165) is 31.7 Å². The van der Waals surface area contributed by atoms with Crippen LogP contribution in [0.3, 0.4) is 0 Å². The molecule has 0 aliphatic rings. The van der Waals surface area contributed by atoms with E-state index in [1.807, 2.05) is 19.1 Å². The Morgan fingerprint density at radius 2 is 1.74 bits per heavy atom. The van der Waals surface area contributed by atoms with Gasteiger partial charge < -0.3 is 0 Å². The van der Waals surface area contributed by atoms with Crippen LogP contribution in [-0.2, 0) is 10.0 Å². The molecule has 0 radical (unpaired) electrons. The first-order valence-corrected chi connectivity index (χ1v) is 11.7. The summed E-state index contributed by atoms with van der Waals surface area (Å²) >= 11 is 0. The third-order valence-corrected chi connectivity index (χ3v) is 7.02. The van der Waals surface area contributed by atoms with Crippen molar-refractivity contribution >= 4 is 20.9 Å². The van der Waals surface area contributed by atoms with Crippen LogP contribution in [0.2, 0.25) is 0 Å². The van der Waals surface area contributed by atoms with Gasteiger partial charge in [-0.25, -0.2) is 18.4 Å². The van der Waals surface area contributed by atoms with Crippen molar-refractivity contribution in [1.29, 1.82) is 5.26 Å². The van der Waals surface area contributed by atoms with Crippen molar-refractivity contribution in [1.82, 2.24) is 24.2 Å². The van der Waals surface area contributed by atoms with Crippen LogP contribution in [0.4, 0.5) is 13.2 Å². The van der Waals surface area contributed by atoms with Crippen molar-refractivity contribution in [3.8, 4) is 23.4 Å². The number of hydrogen-bond acceptors (Lipinski definition) is 6. The van der Waals surface area contributed by atoms with Crippen LogP contribution < -0.4 is 4.72 Å². The Kier molecular flexibility index (Phi) is 5.86. The monoisotopic (exact) mass is 500 g/mol. The summed E-state index contributed by atoms with van der Waals surface area (Å²) in [4.78, 5) is 12.3. The van der Waals surface area contributed by atoms with Gasteiger partial charge in [-0.15, -0.1) is 0 Å². The lowest BCUT2D eigenvalue weighted by Crippen LogP contribution is -2.54. The predicted octanol–water partition coefficient (Wildman–Crippen LogP) is 4.28. The largest absolute Gasteiger partial charge is 0.407 e. The second-order valence-electron chi connectivity index (χ2n) is 8.35. The molecule has 0 aliphatic carbocycles. The number of nitrogens with one attached hydrogen (secondary N) is 1. The van der Waals surface area contributed by atoms with Gasteiger partial charge >= 0.3 is 6.18 Å². The highest BCUT2D eigenvalue weighted by Gasteiger charge is 2.49. The molecule has 0 unspecified atom stereocenters. The van der Waals surface area contributed by atoms with Crippen molar-refractivity contribution in [3.63, 3.8) is 0 Å². The molecule has 180 valence electrons. The molecule has 1 N–H and O–H groups in total. The topological polar surface area (TPSA) is 114 Å². The Hall–Kier alpha value is -3.82. The van der Waals surface area contributed by atoms with Crippen LogP contribution >= 0.6 is 0 Å². The molecule has 0 fully saturated rings. The highest BCUT2D eigenvalue weighted by atomic mass is 32.2. The molecular weight excluding hydrogens is 481 g/mol. The van der Waals surface area contributed by atoms with E-state index < -0.39 is 26.6 Å². The Balaban J connectivity index is 1.88. The number of benzene rings is 1. The summed E-state index contributed by atoms with van der Waals surface area (Å²) in [6.45, 7) is 3.35. The van der Waals surface area contributed by atoms with E-state index in [4.69, 9.17) is 0 Å². The molecule has 0 bridgehead atoms. The van der Waals surface area contributed by atoms with Gasteiger partial charge in [0, 0.05) is 24.0 Å². The van der Waals surface area contributed by atoms with Crippen molar-refractivity contribution in [3.05, 3.63) is 66.1 Å². The van der Waals surface area contributed by atoms with E-state index in [-0.39, 0.29) is 17.2 Å². The van der Waals surface area contributed by atoms with E-state index in [1.165, 1.54) is 18.5 Å². The van der Waals surface area contributed by atoms with Gasteiger partial charge in [0.25, 0.3) is 0 Å². The summed E-state index contributed by atoms with van der Waals surface area (Å²) in [5, 5.41) is 10.6. The van der Waals surface area contributed by atoms with Crippen molar-refractivity contribution < 1.29 is 21.6 Å². The number of sulfonamides is 1. The Labute approximate surface area is 199 Å². The summed E-state index contributed by atoms with van der Waals surface area (Å²) < 4.78 is 68.1. The molecule has 1 aromatic carbocycles. The normalized spacial score (nSPS) is 12.6. The minimum Gasteiger partial charge on any atom is -0.275 e. The number of nitrogens with zero attached hydrogens (tertiary/aromatic N) is 5. The fourth-order valence-corrected chi connectivity index (χ4v) is 4.84. The number of rotatable bonds is 5. The first-order valence-electron chi connectivity index (χ1n) is 10.3. The predicted molar refractivity (Wildman–Crippen MR) is 122 cm³/mol. The maximum atomic E-state index is 13.2. The number of alkyl halides is 3. The summed E-state index contributed by atoms with van der Waals surface area (Å²) in [6.07, 6.45) is -0.776. The summed E-state index contributed by atoms with van der Waals surface area (Å²) in [5.74, 6) is 0.270. The van der Waals surface area contributed by atoms with Crippen LogP contribution in [-0.4, -0.2) is 39.7 Å². The average Bonchev–Trinajstić information content (AvgIpc) is 3.11. The van der Waals surface area contributed by atoms with Gasteiger partial charge in [-0.1, -0.05) is 12.1 Å². The number of nitriles is 1. The molecule has 0 saturated carbocycles. The zero-order chi connectivity index (χ0) is 25.6. The number of fused-ring (bicyclic) bond motifs is 1. The lowest BCUT2D eigenvalue weighted by atomic mass is 10.1. The number of pyridine rings is 1. The van der Waals surface area contributed by atoms with Crippen molar-refractivity contribution in [2.75, 3.05) is 0 Å². The summed E-state index contributed by atoms with van der Waals surface area (Å²) in [5.41, 5.74) is -0.297. The third kappa shape index (κ3) is 4.36. The second-order valence-corrected chi connectivity index (χ2v) is 10.0. The molecule has 0 spiro atoms. The van der Waals surface area contributed by atoms with Gasteiger partial charge in [0.05, 0.1) is 22.5 Å². The molecule has 8 nitrogen and oxygen atoms in total. The first-order chi connectivity index (χ1) is 16.4. The maximum absolute atomic E-state index is 13.2. The van der Waals surface area contributed by atoms with Crippen molar-refractivity contribution in [2.45, 2.75) is 37.4 Å². The maximum Gasteiger partial charge on any atom is 0.407 e. The molecule has 3 heterocycles. The Morgan fingerprint density at radius 3 is 2.31 bits per heavy atom. The second kappa shape index (κ2) is 8.44.